The summed E-state index contributed by atoms with van der Waals surface area (Å²) in [4.78, 5) is 25.4. The van der Waals surface area contributed by atoms with E-state index in [1.165, 1.54) is 16.5 Å². The average Bonchev–Trinajstić information content (AvgIpc) is 3.14. The summed E-state index contributed by atoms with van der Waals surface area (Å²) in [6.07, 6.45) is 7.64. The molecule has 7 nitrogen and oxygen atoms in total. The van der Waals surface area contributed by atoms with Crippen LogP contribution in [0, 0.1) is 5.92 Å². The first-order valence-corrected chi connectivity index (χ1v) is 11.6. The van der Waals surface area contributed by atoms with E-state index in [1.54, 1.807) is 19.3 Å². The number of fused-ring (bicyclic) bond motifs is 1. The maximum absolute atomic E-state index is 11.8. The summed E-state index contributed by atoms with van der Waals surface area (Å²) >= 11 is 0. The van der Waals surface area contributed by atoms with Crippen LogP contribution in [0.3, 0.4) is 0 Å². The van der Waals surface area contributed by atoms with E-state index in [0.717, 1.165) is 45.6 Å². The molecule has 0 radical (unpaired) electrons. The lowest BCUT2D eigenvalue weighted by molar-refractivity contribution is 0.0525. The smallest absolute Gasteiger partial charge is 0.341 e. The topological polar surface area (TPSA) is 63.5 Å². The maximum Gasteiger partial charge on any atom is 0.341 e. The molecule has 0 unspecified atom stereocenters. The molecule has 0 amide bonds. The number of carbonyl (C=O) groups excluding carboxylic acids is 1. The number of anilines is 1. The fourth-order valence-electron chi connectivity index (χ4n) is 4.58. The molecule has 0 bridgehead atoms. The zero-order valence-corrected chi connectivity index (χ0v) is 19.3. The van der Waals surface area contributed by atoms with Crippen molar-refractivity contribution in [1.82, 2.24) is 19.4 Å². The highest BCUT2D eigenvalue weighted by atomic mass is 16.5. The number of rotatable bonds is 8. The second-order valence-electron chi connectivity index (χ2n) is 8.53. The van der Waals surface area contributed by atoms with Gasteiger partial charge in [0.1, 0.15) is 0 Å². The Morgan fingerprint density at radius 2 is 1.88 bits per heavy atom. The Hall–Kier alpha value is -2.93. The van der Waals surface area contributed by atoms with Gasteiger partial charge in [-0.15, -0.1) is 0 Å². The minimum Gasteiger partial charge on any atom is -0.462 e. The number of carbonyl (C=O) groups is 1. The fraction of sp³-hybridized carbons (Fsp3) is 0.480. The Balaban J connectivity index is 1.32. The summed E-state index contributed by atoms with van der Waals surface area (Å²) in [6, 6.07) is 8.64. The Kier molecular flexibility index (Phi) is 7.05. The second kappa shape index (κ2) is 10.1. The summed E-state index contributed by atoms with van der Waals surface area (Å²) in [5.74, 6) is 0.989. The van der Waals surface area contributed by atoms with Crippen LogP contribution in [0.15, 0.2) is 42.9 Å². The largest absolute Gasteiger partial charge is 0.462 e. The van der Waals surface area contributed by atoms with Gasteiger partial charge >= 0.3 is 5.97 Å². The molecule has 1 aliphatic heterocycles. The zero-order valence-electron chi connectivity index (χ0n) is 19.3. The third-order valence-corrected chi connectivity index (χ3v) is 6.38. The SMILES string of the molecule is CCOC(=O)c1cnc(N2CCC(CN(CC)Cc3cn(C)c4ccccc34)CC2)nc1. The molecule has 1 saturated heterocycles. The van der Waals surface area contributed by atoms with Crippen LogP contribution < -0.4 is 4.90 Å². The van der Waals surface area contributed by atoms with Gasteiger partial charge in [0, 0.05) is 62.7 Å². The van der Waals surface area contributed by atoms with E-state index in [-0.39, 0.29) is 5.97 Å². The number of piperidine rings is 1. The van der Waals surface area contributed by atoms with Gasteiger partial charge in [0.15, 0.2) is 0 Å². The van der Waals surface area contributed by atoms with Gasteiger partial charge in [-0.3, -0.25) is 4.90 Å². The predicted octanol–water partition coefficient (Wildman–Crippen LogP) is 3.88. The van der Waals surface area contributed by atoms with Gasteiger partial charge < -0.3 is 14.2 Å². The number of para-hydroxylation sites is 1. The van der Waals surface area contributed by atoms with Gasteiger partial charge in [0.25, 0.3) is 0 Å². The lowest BCUT2D eigenvalue weighted by Crippen LogP contribution is -2.39. The fourth-order valence-corrected chi connectivity index (χ4v) is 4.58. The highest BCUT2D eigenvalue weighted by molar-refractivity contribution is 5.88. The maximum atomic E-state index is 11.8. The van der Waals surface area contributed by atoms with E-state index < -0.39 is 0 Å². The highest BCUT2D eigenvalue weighted by Crippen LogP contribution is 2.25. The molecular formula is C25H33N5O2. The van der Waals surface area contributed by atoms with E-state index in [0.29, 0.717) is 24.0 Å². The number of hydrogen-bond donors (Lipinski definition) is 0. The number of aromatic nitrogens is 3. The third kappa shape index (κ3) is 4.93. The molecule has 3 aromatic rings. The van der Waals surface area contributed by atoms with Crippen LogP contribution in [-0.2, 0) is 18.3 Å². The van der Waals surface area contributed by atoms with E-state index >= 15 is 0 Å². The van der Waals surface area contributed by atoms with Crippen LogP contribution in [0.4, 0.5) is 5.95 Å². The van der Waals surface area contributed by atoms with Crippen molar-refractivity contribution < 1.29 is 9.53 Å². The minimum absolute atomic E-state index is 0.351. The first-order valence-electron chi connectivity index (χ1n) is 11.6. The molecule has 7 heteroatoms. The lowest BCUT2D eigenvalue weighted by atomic mass is 9.96. The summed E-state index contributed by atoms with van der Waals surface area (Å²) in [5, 5.41) is 1.35. The molecule has 1 aromatic carbocycles. The first kappa shape index (κ1) is 22.3. The third-order valence-electron chi connectivity index (χ3n) is 6.38. The van der Waals surface area contributed by atoms with Crippen LogP contribution in [0.25, 0.3) is 10.9 Å². The normalized spacial score (nSPS) is 14.9. The molecule has 0 atom stereocenters. The molecule has 2 aromatic heterocycles. The molecule has 3 heterocycles. The van der Waals surface area contributed by atoms with Crippen molar-refractivity contribution in [2.45, 2.75) is 33.2 Å². The van der Waals surface area contributed by atoms with E-state index in [1.807, 2.05) is 0 Å². The van der Waals surface area contributed by atoms with Crippen LogP contribution in [0.5, 0.6) is 0 Å². The molecule has 1 fully saturated rings. The van der Waals surface area contributed by atoms with Gasteiger partial charge in [-0.05, 0) is 43.9 Å². The number of hydrogen-bond acceptors (Lipinski definition) is 6. The van der Waals surface area contributed by atoms with Crippen molar-refractivity contribution in [3.8, 4) is 0 Å². The van der Waals surface area contributed by atoms with E-state index in [2.05, 4.69) is 68.8 Å². The molecule has 0 N–H and O–H groups in total. The van der Waals surface area contributed by atoms with Crippen LogP contribution >= 0.6 is 0 Å². The number of nitrogens with zero attached hydrogens (tertiary/aromatic N) is 5. The predicted molar refractivity (Wildman–Crippen MR) is 127 cm³/mol. The van der Waals surface area contributed by atoms with Crippen molar-refractivity contribution in [2.75, 3.05) is 37.7 Å². The molecular weight excluding hydrogens is 402 g/mol. The Bertz CT molecular complexity index is 1040. The Morgan fingerprint density at radius 3 is 2.56 bits per heavy atom. The summed E-state index contributed by atoms with van der Waals surface area (Å²) in [6.45, 7) is 9.40. The van der Waals surface area contributed by atoms with Crippen molar-refractivity contribution in [3.05, 3.63) is 54.0 Å². The summed E-state index contributed by atoms with van der Waals surface area (Å²) < 4.78 is 7.23. The van der Waals surface area contributed by atoms with E-state index in [9.17, 15) is 4.79 Å². The Morgan fingerprint density at radius 1 is 1.16 bits per heavy atom. The molecule has 0 saturated carbocycles. The average molecular weight is 436 g/mol. The van der Waals surface area contributed by atoms with Crippen molar-refractivity contribution >= 4 is 22.8 Å². The van der Waals surface area contributed by atoms with Gasteiger partial charge in [-0.2, -0.15) is 0 Å². The second-order valence-corrected chi connectivity index (χ2v) is 8.53. The lowest BCUT2D eigenvalue weighted by Gasteiger charge is -2.34. The zero-order chi connectivity index (χ0) is 22.5. The minimum atomic E-state index is -0.372. The standard InChI is InChI=1S/C25H33N5O2/c1-4-29(18-21-17-28(3)23-9-7-6-8-22(21)23)16-19-10-12-30(13-11-19)25-26-14-20(15-27-25)24(31)32-5-2/h6-9,14-15,17,19H,4-5,10-13,16,18H2,1-3H3. The van der Waals surface area contributed by atoms with Crippen molar-refractivity contribution in [3.63, 3.8) is 0 Å². The van der Waals surface area contributed by atoms with Crippen LogP contribution in [0.2, 0.25) is 0 Å². The van der Waals surface area contributed by atoms with Crippen LogP contribution in [0.1, 0.15) is 42.6 Å². The summed E-state index contributed by atoms with van der Waals surface area (Å²) in [7, 11) is 2.12. The van der Waals surface area contributed by atoms with Gasteiger partial charge in [-0.25, -0.2) is 14.8 Å². The highest BCUT2D eigenvalue weighted by Gasteiger charge is 2.23. The molecule has 32 heavy (non-hydrogen) atoms. The monoisotopic (exact) mass is 435 g/mol. The quantitative estimate of drug-likeness (QED) is 0.501. The van der Waals surface area contributed by atoms with Crippen LogP contribution in [-0.4, -0.2) is 58.2 Å². The van der Waals surface area contributed by atoms with Gasteiger partial charge in [-0.1, -0.05) is 25.1 Å². The van der Waals surface area contributed by atoms with Gasteiger partial charge in [0.2, 0.25) is 5.95 Å². The summed E-state index contributed by atoms with van der Waals surface area (Å²) in [5.41, 5.74) is 3.09. The molecule has 170 valence electrons. The van der Waals surface area contributed by atoms with Gasteiger partial charge in [0.05, 0.1) is 12.2 Å². The number of ether oxygens (including phenoxy) is 1. The first-order chi connectivity index (χ1) is 15.6. The number of benzene rings is 1. The van der Waals surface area contributed by atoms with Crippen molar-refractivity contribution in [1.29, 1.82) is 0 Å². The molecule has 0 aliphatic carbocycles. The number of aryl methyl sites for hydroxylation is 1. The Labute approximate surface area is 190 Å². The molecule has 0 spiro atoms. The van der Waals surface area contributed by atoms with E-state index in [4.69, 9.17) is 4.74 Å². The molecule has 1 aliphatic rings. The number of esters is 1. The van der Waals surface area contributed by atoms with Crippen molar-refractivity contribution in [2.24, 2.45) is 13.0 Å². The molecule has 4 rings (SSSR count).